The molecule has 0 radical (unpaired) electrons. The Kier molecular flexibility index (Phi) is 5.87. The first-order valence-electron chi connectivity index (χ1n) is 7.20. The molecule has 0 saturated carbocycles. The summed E-state index contributed by atoms with van der Waals surface area (Å²) in [4.78, 5) is 4.60. The van der Waals surface area contributed by atoms with Crippen LogP contribution in [0.3, 0.4) is 0 Å². The molecule has 0 bridgehead atoms. The smallest absolute Gasteiger partial charge is 0.211 e. The third-order valence-corrected chi connectivity index (χ3v) is 5.35. The Balaban J connectivity index is 1.74. The van der Waals surface area contributed by atoms with Crippen LogP contribution in [0.5, 0.6) is 0 Å². The van der Waals surface area contributed by atoms with Crippen molar-refractivity contribution in [3.63, 3.8) is 0 Å². The van der Waals surface area contributed by atoms with Crippen LogP contribution in [-0.4, -0.2) is 58.3 Å². The highest BCUT2D eigenvalue weighted by Crippen LogP contribution is 2.19. The molecule has 0 spiro atoms. The summed E-state index contributed by atoms with van der Waals surface area (Å²) in [5.74, 6) is 0.136. The second-order valence-corrected chi connectivity index (χ2v) is 7.63. The first-order chi connectivity index (χ1) is 10.00. The molecule has 0 aromatic heterocycles. The molecule has 7 heteroatoms. The van der Waals surface area contributed by atoms with Crippen molar-refractivity contribution >= 4 is 27.3 Å². The molecule has 21 heavy (non-hydrogen) atoms. The highest BCUT2D eigenvalue weighted by atomic mass is 35.5. The maximum Gasteiger partial charge on any atom is 0.211 e. The van der Waals surface area contributed by atoms with Crippen molar-refractivity contribution in [2.75, 3.05) is 49.9 Å². The van der Waals surface area contributed by atoms with E-state index < -0.39 is 10.0 Å². The van der Waals surface area contributed by atoms with Gasteiger partial charge >= 0.3 is 0 Å². The molecule has 2 rings (SSSR count). The molecule has 1 heterocycles. The molecule has 1 fully saturated rings. The van der Waals surface area contributed by atoms with Gasteiger partial charge in [0.25, 0.3) is 0 Å². The van der Waals surface area contributed by atoms with E-state index in [-0.39, 0.29) is 5.75 Å². The molecule has 0 unspecified atom stereocenters. The van der Waals surface area contributed by atoms with Crippen molar-refractivity contribution < 1.29 is 8.42 Å². The lowest BCUT2D eigenvalue weighted by Gasteiger charge is -2.36. The Morgan fingerprint density at radius 2 is 1.76 bits per heavy atom. The number of halogens is 1. The molecular formula is C14H22ClN3O2S. The van der Waals surface area contributed by atoms with Gasteiger partial charge in [-0.2, -0.15) is 0 Å². The summed E-state index contributed by atoms with van der Waals surface area (Å²) >= 11 is 5.90. The molecule has 1 aromatic carbocycles. The summed E-state index contributed by atoms with van der Waals surface area (Å²) in [6, 6.07) is 7.88. The lowest BCUT2D eigenvalue weighted by atomic mass is 10.2. The number of hydrogen-bond donors (Lipinski definition) is 1. The van der Waals surface area contributed by atoms with E-state index in [2.05, 4.69) is 14.5 Å². The van der Waals surface area contributed by atoms with Crippen molar-refractivity contribution in [3.05, 3.63) is 29.3 Å². The van der Waals surface area contributed by atoms with Crippen molar-refractivity contribution in [1.29, 1.82) is 0 Å². The Bertz CT molecular complexity index is 540. The normalized spacial score (nSPS) is 17.1. The van der Waals surface area contributed by atoms with E-state index >= 15 is 0 Å². The zero-order valence-corrected chi connectivity index (χ0v) is 13.8. The van der Waals surface area contributed by atoms with Gasteiger partial charge in [-0.3, -0.25) is 4.90 Å². The standard InChI is InChI=1S/C14H22ClN3O2S/c1-2-21(19,20)16-7-8-17-9-11-18(12-10-17)14-5-3-13(15)4-6-14/h3-6,16H,2,7-12H2,1H3. The van der Waals surface area contributed by atoms with E-state index in [4.69, 9.17) is 11.6 Å². The number of benzene rings is 1. The first kappa shape index (κ1) is 16.5. The summed E-state index contributed by atoms with van der Waals surface area (Å²) < 4.78 is 25.3. The van der Waals surface area contributed by atoms with Crippen LogP contribution >= 0.6 is 11.6 Å². The second kappa shape index (κ2) is 7.45. The van der Waals surface area contributed by atoms with Crippen LogP contribution in [0, 0.1) is 0 Å². The Hall–Kier alpha value is -0.820. The Morgan fingerprint density at radius 1 is 1.14 bits per heavy atom. The van der Waals surface area contributed by atoms with Gasteiger partial charge in [-0.05, 0) is 31.2 Å². The maximum atomic E-state index is 11.4. The molecule has 1 saturated heterocycles. The van der Waals surface area contributed by atoms with Gasteiger partial charge in [0.1, 0.15) is 0 Å². The summed E-state index contributed by atoms with van der Waals surface area (Å²) in [5.41, 5.74) is 1.19. The topological polar surface area (TPSA) is 52.7 Å². The summed E-state index contributed by atoms with van der Waals surface area (Å²) in [7, 11) is -3.08. The number of sulfonamides is 1. The highest BCUT2D eigenvalue weighted by Gasteiger charge is 2.17. The lowest BCUT2D eigenvalue weighted by Crippen LogP contribution is -2.48. The minimum absolute atomic E-state index is 0.136. The molecule has 0 amide bonds. The predicted octanol–water partition coefficient (Wildman–Crippen LogP) is 1.40. The van der Waals surface area contributed by atoms with E-state index in [1.54, 1.807) is 6.92 Å². The van der Waals surface area contributed by atoms with E-state index in [0.29, 0.717) is 6.54 Å². The van der Waals surface area contributed by atoms with Gasteiger partial charge in [-0.25, -0.2) is 13.1 Å². The van der Waals surface area contributed by atoms with Gasteiger partial charge < -0.3 is 4.90 Å². The molecule has 1 N–H and O–H groups in total. The fourth-order valence-electron chi connectivity index (χ4n) is 2.34. The molecule has 5 nitrogen and oxygen atoms in total. The van der Waals surface area contributed by atoms with Crippen LogP contribution in [0.2, 0.25) is 5.02 Å². The van der Waals surface area contributed by atoms with Crippen molar-refractivity contribution in [2.45, 2.75) is 6.92 Å². The first-order valence-corrected chi connectivity index (χ1v) is 9.23. The van der Waals surface area contributed by atoms with Crippen molar-refractivity contribution in [1.82, 2.24) is 9.62 Å². The third kappa shape index (κ3) is 5.14. The van der Waals surface area contributed by atoms with Crippen LogP contribution in [0.4, 0.5) is 5.69 Å². The quantitative estimate of drug-likeness (QED) is 0.856. The number of nitrogens with zero attached hydrogens (tertiary/aromatic N) is 2. The fourth-order valence-corrected chi connectivity index (χ4v) is 3.08. The third-order valence-electron chi connectivity index (χ3n) is 3.69. The molecule has 118 valence electrons. The zero-order chi connectivity index (χ0) is 15.3. The van der Waals surface area contributed by atoms with E-state index in [9.17, 15) is 8.42 Å². The van der Waals surface area contributed by atoms with E-state index in [0.717, 1.165) is 37.7 Å². The van der Waals surface area contributed by atoms with Gasteiger partial charge in [0.05, 0.1) is 5.75 Å². The van der Waals surface area contributed by atoms with Crippen molar-refractivity contribution in [3.8, 4) is 0 Å². The van der Waals surface area contributed by atoms with Gasteiger partial charge in [-0.1, -0.05) is 11.6 Å². The molecular weight excluding hydrogens is 310 g/mol. The van der Waals surface area contributed by atoms with Gasteiger partial charge in [0, 0.05) is 50.0 Å². The van der Waals surface area contributed by atoms with Crippen LogP contribution in [0.25, 0.3) is 0 Å². The number of hydrogen-bond acceptors (Lipinski definition) is 4. The molecule has 1 aromatic rings. The second-order valence-electron chi connectivity index (χ2n) is 5.10. The number of anilines is 1. The zero-order valence-electron chi connectivity index (χ0n) is 12.3. The number of nitrogens with one attached hydrogen (secondary N) is 1. The predicted molar refractivity (Wildman–Crippen MR) is 87.6 cm³/mol. The molecule has 0 atom stereocenters. The van der Waals surface area contributed by atoms with Crippen LogP contribution in [-0.2, 0) is 10.0 Å². The van der Waals surface area contributed by atoms with Crippen LogP contribution in [0.15, 0.2) is 24.3 Å². The number of piperazine rings is 1. The molecule has 1 aliphatic heterocycles. The van der Waals surface area contributed by atoms with Crippen molar-refractivity contribution in [2.24, 2.45) is 0 Å². The minimum atomic E-state index is -3.08. The molecule has 0 aliphatic carbocycles. The van der Waals surface area contributed by atoms with Crippen LogP contribution < -0.4 is 9.62 Å². The SMILES string of the molecule is CCS(=O)(=O)NCCN1CCN(c2ccc(Cl)cc2)CC1. The monoisotopic (exact) mass is 331 g/mol. The average Bonchev–Trinajstić information content (AvgIpc) is 2.49. The minimum Gasteiger partial charge on any atom is -0.369 e. The van der Waals surface area contributed by atoms with E-state index in [1.807, 2.05) is 24.3 Å². The number of rotatable bonds is 6. The maximum absolute atomic E-state index is 11.4. The largest absolute Gasteiger partial charge is 0.369 e. The lowest BCUT2D eigenvalue weighted by molar-refractivity contribution is 0.262. The van der Waals surface area contributed by atoms with Crippen LogP contribution in [0.1, 0.15) is 6.92 Å². The summed E-state index contributed by atoms with van der Waals surface area (Å²) in [6.45, 7) is 6.66. The van der Waals surface area contributed by atoms with Gasteiger partial charge in [-0.15, -0.1) is 0 Å². The average molecular weight is 332 g/mol. The summed E-state index contributed by atoms with van der Waals surface area (Å²) in [6.07, 6.45) is 0. The Morgan fingerprint density at radius 3 is 2.33 bits per heavy atom. The van der Waals surface area contributed by atoms with Gasteiger partial charge in [0.2, 0.25) is 10.0 Å². The van der Waals surface area contributed by atoms with E-state index in [1.165, 1.54) is 5.69 Å². The van der Waals surface area contributed by atoms with Gasteiger partial charge in [0.15, 0.2) is 0 Å². The molecule has 1 aliphatic rings. The summed E-state index contributed by atoms with van der Waals surface area (Å²) in [5, 5.41) is 0.751. The Labute approximate surface area is 131 Å². The highest BCUT2D eigenvalue weighted by molar-refractivity contribution is 7.89. The fraction of sp³-hybridized carbons (Fsp3) is 0.571.